The summed E-state index contributed by atoms with van der Waals surface area (Å²) in [5.41, 5.74) is 2.09. The van der Waals surface area contributed by atoms with Crippen LogP contribution in [0, 0.1) is 0 Å². The van der Waals surface area contributed by atoms with Crippen LogP contribution in [-0.4, -0.2) is 5.11 Å². The van der Waals surface area contributed by atoms with E-state index in [1.807, 2.05) is 26.0 Å². The molecule has 1 nitrogen and oxygen atoms in total. The number of hydrogen-bond acceptors (Lipinski definition) is 1. The quantitative estimate of drug-likeness (QED) is 0.808. The first kappa shape index (κ1) is 11.1. The number of rotatable bonds is 2. The Morgan fingerprint density at radius 1 is 1.15 bits per heavy atom. The van der Waals surface area contributed by atoms with E-state index < -0.39 is 0 Å². The number of halogens is 2. The second-order valence-electron chi connectivity index (χ2n) is 3.01. The molecule has 0 heterocycles. The van der Waals surface area contributed by atoms with Gasteiger partial charge in [0.15, 0.2) is 0 Å². The maximum absolute atomic E-state index is 9.66. The van der Waals surface area contributed by atoms with Crippen molar-refractivity contribution in [3.63, 3.8) is 0 Å². The van der Waals surface area contributed by atoms with Gasteiger partial charge in [-0.3, -0.25) is 0 Å². The first-order valence-corrected chi connectivity index (χ1v) is 5.97. The molecule has 0 saturated carbocycles. The normalized spacial score (nSPS) is 15.4. The standard InChI is InChI=1S/C10H12Br2O/c1-6(11)8-4-3-5-9(13)10(8)7(2)12/h3-7,13H,1-2H3. The van der Waals surface area contributed by atoms with Crippen LogP contribution in [0.1, 0.15) is 34.6 Å². The molecule has 0 aliphatic heterocycles. The summed E-state index contributed by atoms with van der Waals surface area (Å²) in [4.78, 5) is 0.429. The molecule has 1 aromatic carbocycles. The fourth-order valence-corrected chi connectivity index (χ4v) is 2.25. The third-order valence-electron chi connectivity index (χ3n) is 1.94. The fraction of sp³-hybridized carbons (Fsp3) is 0.400. The Kier molecular flexibility index (Phi) is 3.80. The maximum atomic E-state index is 9.66. The van der Waals surface area contributed by atoms with Crippen LogP contribution in [0.15, 0.2) is 18.2 Å². The molecule has 0 aliphatic rings. The van der Waals surface area contributed by atoms with Crippen molar-refractivity contribution >= 4 is 31.9 Å². The zero-order valence-corrected chi connectivity index (χ0v) is 10.8. The zero-order chi connectivity index (χ0) is 10.0. The van der Waals surface area contributed by atoms with Crippen LogP contribution in [0.3, 0.4) is 0 Å². The highest BCUT2D eigenvalue weighted by molar-refractivity contribution is 9.09. The molecule has 1 N–H and O–H groups in total. The first-order chi connectivity index (χ1) is 6.04. The Morgan fingerprint density at radius 3 is 2.15 bits per heavy atom. The summed E-state index contributed by atoms with van der Waals surface area (Å²) in [6.07, 6.45) is 0. The second-order valence-corrected chi connectivity index (χ2v) is 5.76. The smallest absolute Gasteiger partial charge is 0.120 e. The van der Waals surface area contributed by atoms with Crippen molar-refractivity contribution in [3.8, 4) is 5.75 Å². The molecule has 2 atom stereocenters. The summed E-state index contributed by atoms with van der Waals surface area (Å²) in [5, 5.41) is 9.66. The Hall–Kier alpha value is -0.0200. The molecule has 0 bridgehead atoms. The monoisotopic (exact) mass is 306 g/mol. The van der Waals surface area contributed by atoms with Gasteiger partial charge in [-0.15, -0.1) is 0 Å². The minimum absolute atomic E-state index is 0.170. The molecule has 13 heavy (non-hydrogen) atoms. The third-order valence-corrected chi connectivity index (χ3v) is 2.89. The van der Waals surface area contributed by atoms with Crippen LogP contribution in [0.5, 0.6) is 5.75 Å². The number of alkyl halides is 2. The third kappa shape index (κ3) is 2.47. The minimum Gasteiger partial charge on any atom is -0.508 e. The van der Waals surface area contributed by atoms with Gasteiger partial charge in [-0.05, 0) is 25.5 Å². The molecule has 72 valence electrons. The van der Waals surface area contributed by atoms with Crippen molar-refractivity contribution in [3.05, 3.63) is 29.3 Å². The summed E-state index contributed by atoms with van der Waals surface area (Å²) in [7, 11) is 0. The van der Waals surface area contributed by atoms with Crippen LogP contribution in [0.25, 0.3) is 0 Å². The average Bonchev–Trinajstić information content (AvgIpc) is 2.02. The van der Waals surface area contributed by atoms with Crippen molar-refractivity contribution in [1.82, 2.24) is 0 Å². The summed E-state index contributed by atoms with van der Waals surface area (Å²) >= 11 is 6.98. The average molecular weight is 308 g/mol. The van der Waals surface area contributed by atoms with Gasteiger partial charge in [0.1, 0.15) is 5.75 Å². The molecule has 1 rings (SSSR count). The molecule has 0 saturated heterocycles. The molecule has 0 aliphatic carbocycles. The van der Waals surface area contributed by atoms with E-state index in [1.54, 1.807) is 6.07 Å². The van der Waals surface area contributed by atoms with Gasteiger partial charge in [-0.25, -0.2) is 0 Å². The fourth-order valence-electron chi connectivity index (χ4n) is 1.35. The summed E-state index contributed by atoms with van der Waals surface area (Å²) in [6.45, 7) is 4.06. The zero-order valence-electron chi connectivity index (χ0n) is 7.59. The lowest BCUT2D eigenvalue weighted by Gasteiger charge is -2.14. The number of aromatic hydroxyl groups is 1. The first-order valence-electron chi connectivity index (χ1n) is 4.14. The predicted molar refractivity (Wildman–Crippen MR) is 62.8 cm³/mol. The molecule has 0 radical (unpaired) electrons. The Balaban J connectivity index is 3.26. The van der Waals surface area contributed by atoms with E-state index in [0.29, 0.717) is 5.75 Å². The van der Waals surface area contributed by atoms with Crippen molar-refractivity contribution in [2.45, 2.75) is 23.5 Å². The van der Waals surface area contributed by atoms with Gasteiger partial charge in [0.05, 0.1) is 0 Å². The highest BCUT2D eigenvalue weighted by Crippen LogP contribution is 2.38. The number of phenolic OH excluding ortho intramolecular Hbond substituents is 1. The van der Waals surface area contributed by atoms with Gasteiger partial charge in [-0.1, -0.05) is 44.0 Å². The number of phenols is 1. The van der Waals surface area contributed by atoms with E-state index in [1.165, 1.54) is 0 Å². The van der Waals surface area contributed by atoms with Crippen LogP contribution in [0.2, 0.25) is 0 Å². The van der Waals surface area contributed by atoms with Gasteiger partial charge in [0, 0.05) is 15.2 Å². The summed E-state index contributed by atoms with van der Waals surface area (Å²) in [6, 6.07) is 5.60. The lowest BCUT2D eigenvalue weighted by molar-refractivity contribution is 0.467. The SMILES string of the molecule is CC(Br)c1cccc(O)c1C(C)Br. The van der Waals surface area contributed by atoms with E-state index in [4.69, 9.17) is 0 Å². The van der Waals surface area contributed by atoms with E-state index in [2.05, 4.69) is 31.9 Å². The predicted octanol–water partition coefficient (Wildman–Crippen LogP) is 4.30. The number of hydrogen-bond donors (Lipinski definition) is 1. The van der Waals surface area contributed by atoms with Crippen LogP contribution >= 0.6 is 31.9 Å². The molecule has 3 heteroatoms. The van der Waals surface area contributed by atoms with Crippen LogP contribution in [-0.2, 0) is 0 Å². The summed E-state index contributed by atoms with van der Waals surface area (Å²) < 4.78 is 0. The van der Waals surface area contributed by atoms with E-state index >= 15 is 0 Å². The van der Waals surface area contributed by atoms with Gasteiger partial charge in [0.2, 0.25) is 0 Å². The minimum atomic E-state index is 0.170. The molecule has 0 amide bonds. The lowest BCUT2D eigenvalue weighted by Crippen LogP contribution is -1.95. The molecular weight excluding hydrogens is 296 g/mol. The molecule has 2 unspecified atom stereocenters. The topological polar surface area (TPSA) is 20.2 Å². The van der Waals surface area contributed by atoms with Crippen molar-refractivity contribution in [2.24, 2.45) is 0 Å². The largest absolute Gasteiger partial charge is 0.508 e. The molecule has 1 aromatic rings. The van der Waals surface area contributed by atoms with Gasteiger partial charge >= 0.3 is 0 Å². The Labute approximate surface area is 95.4 Å². The van der Waals surface area contributed by atoms with Gasteiger partial charge < -0.3 is 5.11 Å². The van der Waals surface area contributed by atoms with Crippen molar-refractivity contribution in [1.29, 1.82) is 0 Å². The van der Waals surface area contributed by atoms with Crippen LogP contribution in [0.4, 0.5) is 0 Å². The Morgan fingerprint density at radius 2 is 1.77 bits per heavy atom. The molecule has 0 aromatic heterocycles. The molecule has 0 fully saturated rings. The van der Waals surface area contributed by atoms with E-state index in [0.717, 1.165) is 11.1 Å². The summed E-state index contributed by atoms with van der Waals surface area (Å²) in [5.74, 6) is 0.355. The maximum Gasteiger partial charge on any atom is 0.120 e. The van der Waals surface area contributed by atoms with E-state index in [-0.39, 0.29) is 9.65 Å². The van der Waals surface area contributed by atoms with Crippen molar-refractivity contribution in [2.75, 3.05) is 0 Å². The van der Waals surface area contributed by atoms with Gasteiger partial charge in [0.25, 0.3) is 0 Å². The lowest BCUT2D eigenvalue weighted by atomic mass is 10.0. The van der Waals surface area contributed by atoms with Crippen molar-refractivity contribution < 1.29 is 5.11 Å². The van der Waals surface area contributed by atoms with Crippen LogP contribution < -0.4 is 0 Å². The highest BCUT2D eigenvalue weighted by atomic mass is 79.9. The second kappa shape index (κ2) is 4.47. The molecule has 0 spiro atoms. The highest BCUT2D eigenvalue weighted by Gasteiger charge is 2.14. The van der Waals surface area contributed by atoms with Gasteiger partial charge in [-0.2, -0.15) is 0 Å². The number of benzene rings is 1. The Bertz CT molecular complexity index is 295. The molecular formula is C10H12Br2O. The van der Waals surface area contributed by atoms with E-state index in [9.17, 15) is 5.11 Å².